The number of likely N-dealkylation sites (tertiary alicyclic amines) is 2. The number of carbonyl (C=O) groups is 2. The fourth-order valence-corrected chi connectivity index (χ4v) is 5.28. The Balaban J connectivity index is 1.45. The topological polar surface area (TPSA) is 52.7 Å². The summed E-state index contributed by atoms with van der Waals surface area (Å²) in [5.41, 5.74) is 1.12. The van der Waals surface area contributed by atoms with Gasteiger partial charge in [-0.1, -0.05) is 6.07 Å². The number of hydrogen-bond acceptors (Lipinski definition) is 4. The van der Waals surface area contributed by atoms with E-state index < -0.39 is 5.82 Å². The maximum Gasteiger partial charge on any atom is 0.264 e. The number of amides is 2. The molecule has 0 bridgehead atoms. The van der Waals surface area contributed by atoms with Crippen molar-refractivity contribution in [1.82, 2.24) is 9.80 Å². The van der Waals surface area contributed by atoms with Gasteiger partial charge >= 0.3 is 0 Å². The highest BCUT2D eigenvalue weighted by Gasteiger charge is 2.32. The highest BCUT2D eigenvalue weighted by Crippen LogP contribution is 2.31. The quantitative estimate of drug-likeness (QED) is 0.798. The third kappa shape index (κ3) is 4.51. The molecule has 4 rings (SSSR count). The summed E-state index contributed by atoms with van der Waals surface area (Å²) in [6.07, 6.45) is 4.59. The molecule has 7 heteroatoms. The van der Waals surface area contributed by atoms with Crippen molar-refractivity contribution < 1.29 is 14.0 Å². The largest absolute Gasteiger partial charge is 0.334 e. The van der Waals surface area contributed by atoms with Crippen LogP contribution in [0.3, 0.4) is 0 Å². The van der Waals surface area contributed by atoms with Gasteiger partial charge in [-0.05, 0) is 75.5 Å². The van der Waals surface area contributed by atoms with Crippen molar-refractivity contribution in [2.24, 2.45) is 0 Å². The van der Waals surface area contributed by atoms with Gasteiger partial charge < -0.3 is 15.1 Å². The van der Waals surface area contributed by atoms with Crippen LogP contribution in [0.5, 0.6) is 0 Å². The minimum absolute atomic E-state index is 0.0560. The average Bonchev–Trinajstić information content (AvgIpc) is 3.43. The summed E-state index contributed by atoms with van der Waals surface area (Å²) in [4.78, 5) is 30.8. The third-order valence-electron chi connectivity index (χ3n) is 5.74. The Bertz CT molecular complexity index is 907. The number of halogens is 1. The molecular weight excluding hydrogens is 389 g/mol. The average molecular weight is 416 g/mol. The Kier molecular flexibility index (Phi) is 5.96. The van der Waals surface area contributed by atoms with Crippen molar-refractivity contribution in [2.75, 3.05) is 31.5 Å². The number of benzene rings is 1. The summed E-state index contributed by atoms with van der Waals surface area (Å²) < 4.78 is 13.4. The number of rotatable bonds is 5. The molecule has 1 aromatic carbocycles. The molecule has 2 aliphatic heterocycles. The highest BCUT2D eigenvalue weighted by molar-refractivity contribution is 7.18. The lowest BCUT2D eigenvalue weighted by atomic mass is 10.2. The first-order valence-electron chi connectivity index (χ1n) is 10.2. The van der Waals surface area contributed by atoms with Gasteiger partial charge in [0.25, 0.3) is 11.8 Å². The third-order valence-corrected chi connectivity index (χ3v) is 6.88. The van der Waals surface area contributed by atoms with Gasteiger partial charge in [0.05, 0.1) is 9.88 Å². The van der Waals surface area contributed by atoms with Gasteiger partial charge in [-0.15, -0.1) is 11.3 Å². The van der Waals surface area contributed by atoms with Crippen LogP contribution in [0.25, 0.3) is 0 Å². The molecule has 3 heterocycles. The molecule has 2 amide bonds. The Labute approximate surface area is 174 Å². The lowest BCUT2D eigenvalue weighted by Gasteiger charge is -2.28. The molecular formula is C22H26FN3O2S. The summed E-state index contributed by atoms with van der Waals surface area (Å²) in [7, 11) is 0. The summed E-state index contributed by atoms with van der Waals surface area (Å²) in [6.45, 7) is 5.91. The van der Waals surface area contributed by atoms with Gasteiger partial charge in [0.2, 0.25) is 0 Å². The summed E-state index contributed by atoms with van der Waals surface area (Å²) in [6, 6.07) is 7.67. The van der Waals surface area contributed by atoms with E-state index in [1.54, 1.807) is 6.07 Å². The molecule has 5 nitrogen and oxygen atoms in total. The van der Waals surface area contributed by atoms with Crippen molar-refractivity contribution in [3.8, 4) is 0 Å². The zero-order chi connectivity index (χ0) is 20.4. The Morgan fingerprint density at radius 3 is 2.72 bits per heavy atom. The number of anilines is 1. The number of carbonyl (C=O) groups excluding carboxylic acids is 2. The first-order valence-corrected chi connectivity index (χ1v) is 11.0. The molecule has 2 aliphatic rings. The monoisotopic (exact) mass is 415 g/mol. The molecule has 29 heavy (non-hydrogen) atoms. The maximum absolute atomic E-state index is 13.4. The summed E-state index contributed by atoms with van der Waals surface area (Å²) >= 11 is 1.30. The van der Waals surface area contributed by atoms with Crippen LogP contribution in [0.15, 0.2) is 30.3 Å². The predicted molar refractivity (Wildman–Crippen MR) is 113 cm³/mol. The number of nitrogens with one attached hydrogen (secondary N) is 1. The second kappa shape index (κ2) is 8.63. The van der Waals surface area contributed by atoms with Crippen molar-refractivity contribution in [3.05, 3.63) is 52.2 Å². The Hall–Kier alpha value is -2.25. The highest BCUT2D eigenvalue weighted by atomic mass is 32.1. The Morgan fingerprint density at radius 2 is 1.97 bits per heavy atom. The van der Waals surface area contributed by atoms with E-state index in [1.165, 1.54) is 42.4 Å². The molecule has 2 aromatic rings. The van der Waals surface area contributed by atoms with Gasteiger partial charge in [0, 0.05) is 24.7 Å². The van der Waals surface area contributed by atoms with Crippen LogP contribution in [0.2, 0.25) is 0 Å². The van der Waals surface area contributed by atoms with Crippen LogP contribution in [-0.4, -0.2) is 53.8 Å². The van der Waals surface area contributed by atoms with E-state index in [-0.39, 0.29) is 23.4 Å². The van der Waals surface area contributed by atoms with Gasteiger partial charge in [-0.3, -0.25) is 9.59 Å². The van der Waals surface area contributed by atoms with E-state index in [9.17, 15) is 14.0 Å². The summed E-state index contributed by atoms with van der Waals surface area (Å²) in [5.74, 6) is -0.771. The van der Waals surface area contributed by atoms with Crippen molar-refractivity contribution >= 4 is 28.2 Å². The van der Waals surface area contributed by atoms with Crippen LogP contribution < -0.4 is 5.32 Å². The lowest BCUT2D eigenvalue weighted by Crippen LogP contribution is -2.42. The van der Waals surface area contributed by atoms with E-state index in [2.05, 4.69) is 10.2 Å². The molecule has 0 radical (unpaired) electrons. The van der Waals surface area contributed by atoms with Gasteiger partial charge in [0.1, 0.15) is 5.82 Å². The zero-order valence-electron chi connectivity index (χ0n) is 16.6. The normalized spacial score (nSPS) is 19.7. The van der Waals surface area contributed by atoms with E-state index in [0.29, 0.717) is 9.88 Å². The number of hydrogen-bond donors (Lipinski definition) is 1. The fourth-order valence-electron chi connectivity index (χ4n) is 4.26. The minimum atomic E-state index is -0.450. The van der Waals surface area contributed by atoms with Gasteiger partial charge in [-0.25, -0.2) is 4.39 Å². The fraction of sp³-hybridized carbons (Fsp3) is 0.455. The molecule has 0 saturated carbocycles. The van der Waals surface area contributed by atoms with Crippen LogP contribution in [-0.2, 0) is 0 Å². The van der Waals surface area contributed by atoms with Gasteiger partial charge in [-0.2, -0.15) is 0 Å². The van der Waals surface area contributed by atoms with Crippen LogP contribution >= 0.6 is 11.3 Å². The smallest absolute Gasteiger partial charge is 0.264 e. The van der Waals surface area contributed by atoms with E-state index in [0.717, 1.165) is 44.6 Å². The first-order chi connectivity index (χ1) is 14.0. The second-order valence-electron chi connectivity index (χ2n) is 7.89. The summed E-state index contributed by atoms with van der Waals surface area (Å²) in [5, 5.41) is 3.40. The minimum Gasteiger partial charge on any atom is -0.334 e. The van der Waals surface area contributed by atoms with Crippen molar-refractivity contribution in [2.45, 2.75) is 38.6 Å². The van der Waals surface area contributed by atoms with Crippen molar-refractivity contribution in [1.29, 1.82) is 0 Å². The predicted octanol–water partition coefficient (Wildman–Crippen LogP) is 4.15. The second-order valence-corrected chi connectivity index (χ2v) is 8.94. The van der Waals surface area contributed by atoms with E-state index >= 15 is 0 Å². The maximum atomic E-state index is 13.4. The SMILES string of the molecule is Cc1cc(NC(=O)c2cccc(F)c2)sc1C(=O)N1CCCC1CN1CCCC1. The number of aryl methyl sites for hydroxylation is 1. The van der Waals surface area contributed by atoms with E-state index in [1.807, 2.05) is 17.9 Å². The molecule has 1 aromatic heterocycles. The van der Waals surface area contributed by atoms with Crippen molar-refractivity contribution in [3.63, 3.8) is 0 Å². The molecule has 154 valence electrons. The molecule has 1 unspecified atom stereocenters. The number of thiophene rings is 1. The van der Waals surface area contributed by atoms with E-state index in [4.69, 9.17) is 0 Å². The first kappa shape index (κ1) is 20.0. The molecule has 0 spiro atoms. The number of nitrogens with zero attached hydrogens (tertiary/aromatic N) is 2. The van der Waals surface area contributed by atoms with Crippen LogP contribution in [0, 0.1) is 12.7 Å². The van der Waals surface area contributed by atoms with Crippen LogP contribution in [0.4, 0.5) is 9.39 Å². The molecule has 2 fully saturated rings. The molecule has 0 aliphatic carbocycles. The molecule has 1 N–H and O–H groups in total. The molecule has 2 saturated heterocycles. The molecule has 1 atom stereocenters. The lowest BCUT2D eigenvalue weighted by molar-refractivity contribution is 0.0713. The standard InChI is InChI=1S/C22H26FN3O2S/c1-15-12-19(24-21(27)16-6-4-7-17(23)13-16)29-20(15)22(28)26-11-5-8-18(26)14-25-9-2-3-10-25/h4,6-7,12-13,18H,2-3,5,8-11,14H2,1H3,(H,24,27). The zero-order valence-corrected chi connectivity index (χ0v) is 17.4. The van der Waals surface area contributed by atoms with Gasteiger partial charge in [0.15, 0.2) is 0 Å². The van der Waals surface area contributed by atoms with Crippen LogP contribution in [0.1, 0.15) is 51.3 Å². The Morgan fingerprint density at radius 1 is 1.17 bits per heavy atom.